The molecule has 4 rings (SSSR count). The molecule has 0 saturated carbocycles. The SMILES string of the molecule is Cc1c(-c2ccccc2)oc2c([C@@H](C)Nc3cccnc3C(=O)O)cc(C(F)(F)F)cc2c1=O. The molecule has 1 atom stereocenters. The van der Waals surface area contributed by atoms with E-state index in [9.17, 15) is 27.9 Å². The molecule has 2 aromatic carbocycles. The van der Waals surface area contributed by atoms with Crippen LogP contribution in [0.3, 0.4) is 0 Å². The molecule has 0 aliphatic rings. The molecule has 0 aliphatic carbocycles. The molecular formula is C25H19F3N2O4. The number of carboxylic acids is 1. The first kappa shape index (κ1) is 23.0. The highest BCUT2D eigenvalue weighted by Crippen LogP contribution is 2.37. The van der Waals surface area contributed by atoms with Crippen LogP contribution in [0, 0.1) is 6.92 Å². The van der Waals surface area contributed by atoms with Gasteiger partial charge in [0.15, 0.2) is 11.1 Å². The Morgan fingerprint density at radius 3 is 2.47 bits per heavy atom. The van der Waals surface area contributed by atoms with Crippen molar-refractivity contribution in [1.82, 2.24) is 4.98 Å². The number of anilines is 1. The number of carboxylic acid groups (broad SMARTS) is 1. The van der Waals surface area contributed by atoms with E-state index in [0.717, 1.165) is 12.1 Å². The maximum Gasteiger partial charge on any atom is 0.416 e. The third kappa shape index (κ3) is 4.24. The van der Waals surface area contributed by atoms with Gasteiger partial charge in [-0.15, -0.1) is 0 Å². The molecule has 9 heteroatoms. The second-order valence-corrected chi connectivity index (χ2v) is 7.76. The average molecular weight is 468 g/mol. The topological polar surface area (TPSA) is 92.4 Å². The van der Waals surface area contributed by atoms with Gasteiger partial charge in [0, 0.05) is 22.9 Å². The average Bonchev–Trinajstić information content (AvgIpc) is 2.80. The summed E-state index contributed by atoms with van der Waals surface area (Å²) in [4.78, 5) is 28.5. The minimum atomic E-state index is -4.71. The Morgan fingerprint density at radius 1 is 1.12 bits per heavy atom. The lowest BCUT2D eigenvalue weighted by atomic mass is 9.98. The standard InChI is InChI=1S/C25H19F3N2O4/c1-13-21(31)18-12-16(25(26,27)28)11-17(23(18)34-22(13)15-7-4-3-5-8-15)14(2)30-19-9-6-10-29-20(19)24(32)33/h3-12,14,30H,1-2H3,(H,32,33)/t14-/m1/s1. The van der Waals surface area contributed by atoms with Gasteiger partial charge in [-0.05, 0) is 38.1 Å². The smallest absolute Gasteiger partial charge is 0.416 e. The van der Waals surface area contributed by atoms with E-state index in [1.165, 1.54) is 25.3 Å². The van der Waals surface area contributed by atoms with E-state index in [1.807, 2.05) is 0 Å². The molecule has 2 N–H and O–H groups in total. The van der Waals surface area contributed by atoms with Gasteiger partial charge in [-0.1, -0.05) is 30.3 Å². The van der Waals surface area contributed by atoms with Crippen molar-refractivity contribution in [1.29, 1.82) is 0 Å². The van der Waals surface area contributed by atoms with E-state index in [1.54, 1.807) is 37.3 Å². The lowest BCUT2D eigenvalue weighted by Gasteiger charge is -2.20. The molecule has 0 aliphatic heterocycles. The Labute approximate surface area is 191 Å². The Kier molecular flexibility index (Phi) is 5.87. The van der Waals surface area contributed by atoms with Gasteiger partial charge in [-0.2, -0.15) is 13.2 Å². The van der Waals surface area contributed by atoms with Gasteiger partial charge < -0.3 is 14.8 Å². The first-order valence-electron chi connectivity index (χ1n) is 10.3. The summed E-state index contributed by atoms with van der Waals surface area (Å²) in [5.74, 6) is -1.04. The molecule has 2 heterocycles. The molecule has 0 unspecified atom stereocenters. The molecule has 34 heavy (non-hydrogen) atoms. The van der Waals surface area contributed by atoms with Crippen molar-refractivity contribution in [2.75, 3.05) is 5.32 Å². The second-order valence-electron chi connectivity index (χ2n) is 7.76. The van der Waals surface area contributed by atoms with Crippen molar-refractivity contribution >= 4 is 22.6 Å². The number of carbonyl (C=O) groups is 1. The third-order valence-electron chi connectivity index (χ3n) is 5.46. The van der Waals surface area contributed by atoms with Crippen LogP contribution in [0.2, 0.25) is 0 Å². The van der Waals surface area contributed by atoms with Crippen LogP contribution >= 0.6 is 0 Å². The van der Waals surface area contributed by atoms with E-state index in [4.69, 9.17) is 4.42 Å². The fraction of sp³-hybridized carbons (Fsp3) is 0.160. The third-order valence-corrected chi connectivity index (χ3v) is 5.46. The van der Waals surface area contributed by atoms with Gasteiger partial charge >= 0.3 is 12.1 Å². The summed E-state index contributed by atoms with van der Waals surface area (Å²) in [5.41, 5.74) is -0.920. The lowest BCUT2D eigenvalue weighted by Crippen LogP contribution is -2.16. The molecule has 0 saturated heterocycles. The number of benzene rings is 2. The molecule has 6 nitrogen and oxygen atoms in total. The van der Waals surface area contributed by atoms with Gasteiger partial charge in [0.25, 0.3) is 0 Å². The minimum Gasteiger partial charge on any atom is -0.476 e. The molecular weight excluding hydrogens is 449 g/mol. The predicted molar refractivity (Wildman–Crippen MR) is 121 cm³/mol. The van der Waals surface area contributed by atoms with Crippen molar-refractivity contribution in [3.05, 3.63) is 93.4 Å². The highest BCUT2D eigenvalue weighted by molar-refractivity contribution is 5.92. The molecule has 2 aromatic heterocycles. The maximum atomic E-state index is 13.7. The Morgan fingerprint density at radius 2 is 1.82 bits per heavy atom. The maximum absolute atomic E-state index is 13.7. The Balaban J connectivity index is 1.96. The zero-order valence-corrected chi connectivity index (χ0v) is 18.1. The molecule has 174 valence electrons. The van der Waals surface area contributed by atoms with Gasteiger partial charge in [0.05, 0.1) is 22.7 Å². The molecule has 0 radical (unpaired) electrons. The number of alkyl halides is 3. The summed E-state index contributed by atoms with van der Waals surface area (Å²) in [5, 5.41) is 12.1. The summed E-state index contributed by atoms with van der Waals surface area (Å²) in [6.45, 7) is 3.06. The van der Waals surface area contributed by atoms with Crippen molar-refractivity contribution in [3.63, 3.8) is 0 Å². The number of hydrogen-bond acceptors (Lipinski definition) is 5. The number of halogens is 3. The number of nitrogens with one attached hydrogen (secondary N) is 1. The van der Waals surface area contributed by atoms with E-state index >= 15 is 0 Å². The summed E-state index contributed by atoms with van der Waals surface area (Å²) < 4.78 is 47.1. The zero-order chi connectivity index (χ0) is 24.6. The van der Waals surface area contributed by atoms with Gasteiger partial charge in [0.1, 0.15) is 11.3 Å². The van der Waals surface area contributed by atoms with Crippen LogP contribution in [0.15, 0.2) is 70.0 Å². The van der Waals surface area contributed by atoms with Crippen molar-refractivity contribution in [3.8, 4) is 11.3 Å². The highest BCUT2D eigenvalue weighted by atomic mass is 19.4. The molecule has 0 fully saturated rings. The second kappa shape index (κ2) is 8.66. The first-order valence-corrected chi connectivity index (χ1v) is 10.3. The summed E-state index contributed by atoms with van der Waals surface area (Å²) in [7, 11) is 0. The van der Waals surface area contributed by atoms with Crippen LogP contribution in [0.4, 0.5) is 18.9 Å². The van der Waals surface area contributed by atoms with Crippen molar-refractivity contribution in [2.45, 2.75) is 26.1 Å². The number of aromatic carboxylic acids is 1. The monoisotopic (exact) mass is 468 g/mol. The van der Waals surface area contributed by atoms with Gasteiger partial charge in [-0.25, -0.2) is 9.78 Å². The van der Waals surface area contributed by atoms with Gasteiger partial charge in [0.2, 0.25) is 0 Å². The molecule has 0 bridgehead atoms. The summed E-state index contributed by atoms with van der Waals surface area (Å²) >= 11 is 0. The van der Waals surface area contributed by atoms with Crippen LogP contribution in [0.25, 0.3) is 22.3 Å². The molecule has 0 spiro atoms. The fourth-order valence-electron chi connectivity index (χ4n) is 3.77. The number of fused-ring (bicyclic) bond motifs is 1. The Bertz CT molecular complexity index is 1450. The van der Waals surface area contributed by atoms with Crippen LogP contribution in [-0.4, -0.2) is 16.1 Å². The number of nitrogens with zero attached hydrogens (tertiary/aromatic N) is 1. The predicted octanol–water partition coefficient (Wildman–Crippen LogP) is 6.05. The molecule has 4 aromatic rings. The van der Waals surface area contributed by atoms with Crippen LogP contribution in [0.1, 0.15) is 40.1 Å². The largest absolute Gasteiger partial charge is 0.476 e. The first-order chi connectivity index (χ1) is 16.1. The quantitative estimate of drug-likeness (QED) is 0.370. The van der Waals surface area contributed by atoms with Gasteiger partial charge in [-0.3, -0.25) is 4.79 Å². The normalized spacial score (nSPS) is 12.5. The Hall–Kier alpha value is -4.14. The molecule has 0 amide bonds. The lowest BCUT2D eigenvalue weighted by molar-refractivity contribution is -0.137. The number of rotatable bonds is 5. The minimum absolute atomic E-state index is 0.0109. The fourth-order valence-corrected chi connectivity index (χ4v) is 3.77. The highest BCUT2D eigenvalue weighted by Gasteiger charge is 2.33. The zero-order valence-electron chi connectivity index (χ0n) is 18.1. The van der Waals surface area contributed by atoms with E-state index < -0.39 is 29.2 Å². The summed E-state index contributed by atoms with van der Waals surface area (Å²) in [6, 6.07) is 12.6. The van der Waals surface area contributed by atoms with E-state index in [2.05, 4.69) is 10.3 Å². The summed E-state index contributed by atoms with van der Waals surface area (Å²) in [6.07, 6.45) is -3.41. The van der Waals surface area contributed by atoms with E-state index in [-0.39, 0.29) is 39.2 Å². The van der Waals surface area contributed by atoms with Crippen LogP contribution in [-0.2, 0) is 6.18 Å². The number of aromatic nitrogens is 1. The van der Waals surface area contributed by atoms with Crippen molar-refractivity contribution in [2.24, 2.45) is 0 Å². The van der Waals surface area contributed by atoms with Crippen LogP contribution < -0.4 is 10.7 Å². The number of pyridine rings is 1. The number of hydrogen-bond donors (Lipinski definition) is 2. The van der Waals surface area contributed by atoms with Crippen molar-refractivity contribution < 1.29 is 27.5 Å². The van der Waals surface area contributed by atoms with Crippen LogP contribution in [0.5, 0.6) is 0 Å². The van der Waals surface area contributed by atoms with E-state index in [0.29, 0.717) is 5.56 Å².